The minimum absolute atomic E-state index is 0.00857. The molecule has 4 rings (SSSR count). The van der Waals surface area contributed by atoms with E-state index < -0.39 is 55.3 Å². The Kier molecular flexibility index (Phi) is 16.2. The molecule has 2 saturated heterocycles. The van der Waals surface area contributed by atoms with Crippen molar-refractivity contribution in [3.8, 4) is 0 Å². The van der Waals surface area contributed by atoms with E-state index in [1.54, 1.807) is 12.1 Å². The SMILES string of the molecule is CC(=O)N1CCCC(S(=O)(=O)NC(=O)Nc2c(C(C)C)cc(Cl)cc2C(C)CCC(C)c2cccc(C(C)C)c2NC(=O)NS(=O)(=O)C2CCCN(CC(F)(F)F)C2)C1. The van der Waals surface area contributed by atoms with E-state index in [2.05, 4.69) is 20.1 Å². The summed E-state index contributed by atoms with van der Waals surface area (Å²) >= 11 is 6.60. The highest BCUT2D eigenvalue weighted by Crippen LogP contribution is 2.40. The third-order valence-electron chi connectivity index (χ3n) is 11.1. The van der Waals surface area contributed by atoms with Crippen LogP contribution in [0.3, 0.4) is 0 Å². The van der Waals surface area contributed by atoms with Crippen LogP contribution in [0.1, 0.15) is 133 Å². The number of rotatable bonds is 14. The highest BCUT2D eigenvalue weighted by molar-refractivity contribution is 7.91. The maximum absolute atomic E-state index is 13.4. The molecule has 59 heavy (non-hydrogen) atoms. The van der Waals surface area contributed by atoms with Gasteiger partial charge in [-0.3, -0.25) is 9.69 Å². The topological polar surface area (TPSA) is 174 Å². The molecule has 0 aliphatic carbocycles. The molecule has 13 nitrogen and oxygen atoms in total. The first-order valence-electron chi connectivity index (χ1n) is 20.0. The number of likely N-dealkylation sites (tertiary alicyclic amines) is 2. The Balaban J connectivity index is 1.51. The van der Waals surface area contributed by atoms with E-state index in [4.69, 9.17) is 11.6 Å². The molecule has 330 valence electrons. The second-order valence-corrected chi connectivity index (χ2v) is 20.9. The van der Waals surface area contributed by atoms with Crippen LogP contribution in [-0.2, 0) is 24.8 Å². The van der Waals surface area contributed by atoms with Gasteiger partial charge in [0, 0.05) is 43.0 Å². The molecule has 0 saturated carbocycles. The van der Waals surface area contributed by atoms with Crippen LogP contribution in [0.5, 0.6) is 0 Å². The van der Waals surface area contributed by atoms with Crippen LogP contribution >= 0.6 is 11.6 Å². The van der Waals surface area contributed by atoms with Crippen LogP contribution in [0.4, 0.5) is 34.1 Å². The van der Waals surface area contributed by atoms with Gasteiger partial charge < -0.3 is 15.5 Å². The lowest BCUT2D eigenvalue weighted by atomic mass is 9.85. The Morgan fingerprint density at radius 2 is 1.22 bits per heavy atom. The molecular formula is C40H58ClF3N6O7S2. The van der Waals surface area contributed by atoms with Gasteiger partial charge in [0.1, 0.15) is 0 Å². The van der Waals surface area contributed by atoms with Crippen molar-refractivity contribution >= 4 is 61.0 Å². The van der Waals surface area contributed by atoms with Gasteiger partial charge in [-0.25, -0.2) is 35.9 Å². The minimum Gasteiger partial charge on any atom is -0.342 e. The lowest BCUT2D eigenvalue weighted by Crippen LogP contribution is -2.50. The van der Waals surface area contributed by atoms with Gasteiger partial charge >= 0.3 is 18.2 Å². The molecule has 19 heteroatoms. The van der Waals surface area contributed by atoms with E-state index >= 15 is 0 Å². The van der Waals surface area contributed by atoms with Gasteiger partial charge in [0.15, 0.2) is 0 Å². The standard InChI is InChI=1S/C40H58ClF3N6O7S2/c1-24(2)32-13-8-14-33(36(32)45-38(52)47-58(54,55)30-11-9-17-49(21-30)23-40(42,43)44)26(5)15-16-27(6)35-20-29(41)19-34(25(3)4)37(35)46-39(53)48-59(56,57)31-12-10-18-50(22-31)28(7)51/h8,13-14,19-20,24-27,30-31H,9-12,15-18,21-23H2,1-7H3,(H2,45,47,52)(H2,46,48,53). The summed E-state index contributed by atoms with van der Waals surface area (Å²) in [5.41, 5.74) is 3.78. The van der Waals surface area contributed by atoms with E-state index in [1.807, 2.05) is 59.7 Å². The number of para-hydroxylation sites is 1. The van der Waals surface area contributed by atoms with Crippen LogP contribution in [0, 0.1) is 0 Å². The largest absolute Gasteiger partial charge is 0.401 e. The number of hydrogen-bond donors (Lipinski definition) is 4. The maximum Gasteiger partial charge on any atom is 0.401 e. The van der Waals surface area contributed by atoms with Gasteiger partial charge in [-0.15, -0.1) is 0 Å². The van der Waals surface area contributed by atoms with Gasteiger partial charge in [0.2, 0.25) is 26.0 Å². The zero-order valence-electron chi connectivity index (χ0n) is 34.7. The van der Waals surface area contributed by atoms with Gasteiger partial charge in [0.05, 0.1) is 17.0 Å². The van der Waals surface area contributed by atoms with E-state index in [0.717, 1.165) is 16.0 Å². The lowest BCUT2D eigenvalue weighted by molar-refractivity contribution is -0.147. The first-order valence-corrected chi connectivity index (χ1v) is 23.5. The first-order chi connectivity index (χ1) is 27.4. The second-order valence-electron chi connectivity index (χ2n) is 16.5. The number of sulfonamides is 2. The number of anilines is 2. The number of alkyl halides is 3. The van der Waals surface area contributed by atoms with E-state index in [1.165, 1.54) is 11.8 Å². The van der Waals surface area contributed by atoms with Crippen molar-refractivity contribution in [3.05, 3.63) is 57.6 Å². The molecule has 2 aliphatic heterocycles. The normalized spacial score (nSPS) is 19.3. The number of benzene rings is 2. The molecule has 2 aromatic carbocycles. The Bertz CT molecular complexity index is 2070. The number of nitrogens with one attached hydrogen (secondary N) is 4. The zero-order valence-corrected chi connectivity index (χ0v) is 37.1. The van der Waals surface area contributed by atoms with Gasteiger partial charge in [0.25, 0.3) is 0 Å². The summed E-state index contributed by atoms with van der Waals surface area (Å²) < 4.78 is 96.4. The van der Waals surface area contributed by atoms with Crippen molar-refractivity contribution in [2.75, 3.05) is 43.4 Å². The quantitative estimate of drug-likeness (QED) is 0.147. The summed E-state index contributed by atoms with van der Waals surface area (Å²) in [5.74, 6) is -0.810. The second kappa shape index (κ2) is 19.8. The molecule has 4 atom stereocenters. The van der Waals surface area contributed by atoms with Crippen molar-refractivity contribution in [3.63, 3.8) is 0 Å². The van der Waals surface area contributed by atoms with Crippen LogP contribution in [0.2, 0.25) is 5.02 Å². The van der Waals surface area contributed by atoms with Crippen molar-refractivity contribution in [1.29, 1.82) is 0 Å². The fourth-order valence-corrected chi connectivity index (χ4v) is 10.8. The fraction of sp³-hybridized carbons (Fsp3) is 0.625. The molecular weight excluding hydrogens is 833 g/mol. The Labute approximate surface area is 351 Å². The average Bonchev–Trinajstić information content (AvgIpc) is 3.13. The molecule has 0 bridgehead atoms. The minimum atomic E-state index is -4.48. The van der Waals surface area contributed by atoms with Crippen LogP contribution in [0.15, 0.2) is 30.3 Å². The third-order valence-corrected chi connectivity index (χ3v) is 14.8. The Hall–Kier alpha value is -3.61. The fourth-order valence-electron chi connectivity index (χ4n) is 7.92. The smallest absolute Gasteiger partial charge is 0.342 e. The molecule has 2 aliphatic rings. The number of piperidine rings is 2. The lowest BCUT2D eigenvalue weighted by Gasteiger charge is -2.32. The number of hydrogen-bond acceptors (Lipinski definition) is 8. The Morgan fingerprint density at radius 1 is 0.746 bits per heavy atom. The number of urea groups is 2. The molecule has 2 fully saturated rings. The average molecular weight is 892 g/mol. The molecule has 0 aromatic heterocycles. The third kappa shape index (κ3) is 13.2. The number of carbonyl (C=O) groups excluding carboxylic acids is 3. The van der Waals surface area contributed by atoms with Crippen molar-refractivity contribution < 1.29 is 44.4 Å². The van der Waals surface area contributed by atoms with E-state index in [9.17, 15) is 44.4 Å². The molecule has 0 spiro atoms. The van der Waals surface area contributed by atoms with E-state index in [-0.39, 0.29) is 62.1 Å². The summed E-state index contributed by atoms with van der Waals surface area (Å²) in [4.78, 5) is 41.2. The maximum atomic E-state index is 13.4. The Morgan fingerprint density at radius 3 is 1.75 bits per heavy atom. The number of amides is 5. The van der Waals surface area contributed by atoms with Crippen molar-refractivity contribution in [1.82, 2.24) is 19.2 Å². The highest BCUT2D eigenvalue weighted by atomic mass is 35.5. The van der Waals surface area contributed by atoms with Crippen molar-refractivity contribution in [2.24, 2.45) is 0 Å². The molecule has 4 N–H and O–H groups in total. The van der Waals surface area contributed by atoms with Crippen molar-refractivity contribution in [2.45, 2.75) is 127 Å². The first kappa shape index (κ1) is 48.1. The summed E-state index contributed by atoms with van der Waals surface area (Å²) in [6.45, 7) is 12.0. The predicted molar refractivity (Wildman–Crippen MR) is 225 cm³/mol. The molecule has 4 unspecified atom stereocenters. The van der Waals surface area contributed by atoms with Gasteiger partial charge in [-0.05, 0) is 103 Å². The summed E-state index contributed by atoms with van der Waals surface area (Å²) in [7, 11) is -8.45. The molecule has 2 aromatic rings. The number of carbonyl (C=O) groups is 3. The molecule has 2 heterocycles. The monoisotopic (exact) mass is 890 g/mol. The summed E-state index contributed by atoms with van der Waals surface area (Å²) in [6, 6.07) is 7.06. The summed E-state index contributed by atoms with van der Waals surface area (Å²) in [6.07, 6.45) is -2.21. The molecule has 0 radical (unpaired) electrons. The highest BCUT2D eigenvalue weighted by Gasteiger charge is 2.38. The number of nitrogens with zero attached hydrogens (tertiary/aromatic N) is 2. The summed E-state index contributed by atoms with van der Waals surface area (Å²) in [5, 5.41) is 3.84. The van der Waals surface area contributed by atoms with Crippen LogP contribution in [0.25, 0.3) is 0 Å². The van der Waals surface area contributed by atoms with Crippen LogP contribution in [-0.4, -0.2) is 94.0 Å². The van der Waals surface area contributed by atoms with Crippen LogP contribution < -0.4 is 20.1 Å². The van der Waals surface area contributed by atoms with Gasteiger partial charge in [-0.1, -0.05) is 71.3 Å². The van der Waals surface area contributed by atoms with Gasteiger partial charge in [-0.2, -0.15) is 13.2 Å². The molecule has 5 amide bonds. The van der Waals surface area contributed by atoms with E-state index in [0.29, 0.717) is 59.8 Å². The zero-order chi connectivity index (χ0) is 44.0. The predicted octanol–water partition coefficient (Wildman–Crippen LogP) is 8.21. The number of halogens is 4.